The first kappa shape index (κ1) is 18.2. The second-order valence-electron chi connectivity index (χ2n) is 9.38. The molecule has 6 nitrogen and oxygen atoms in total. The van der Waals surface area contributed by atoms with Gasteiger partial charge in [-0.15, -0.1) is 0 Å². The summed E-state index contributed by atoms with van der Waals surface area (Å²) in [5.74, 6) is 2.41. The third-order valence-corrected chi connectivity index (χ3v) is 5.60. The van der Waals surface area contributed by atoms with Gasteiger partial charge in [0, 0.05) is 11.3 Å². The molecule has 0 heterocycles. The summed E-state index contributed by atoms with van der Waals surface area (Å²) in [7, 11) is 0. The molecule has 2 N–H and O–H groups in total. The minimum Gasteiger partial charge on any atom is -0.443 e. The van der Waals surface area contributed by atoms with E-state index in [1.807, 2.05) is 0 Å². The molecule has 6 heteroatoms. The maximum absolute atomic E-state index is 12.5. The fourth-order valence-corrected chi connectivity index (χ4v) is 5.32. The van der Waals surface area contributed by atoms with Crippen LogP contribution in [0.1, 0.15) is 72.6 Å². The topological polar surface area (TPSA) is 79.8 Å². The van der Waals surface area contributed by atoms with Gasteiger partial charge in [0.15, 0.2) is 0 Å². The van der Waals surface area contributed by atoms with Gasteiger partial charge < -0.3 is 10.1 Å². The van der Waals surface area contributed by atoms with Gasteiger partial charge in [0.25, 0.3) is 0 Å². The predicted octanol–water partition coefficient (Wildman–Crippen LogP) is 3.36. The fourth-order valence-electron chi connectivity index (χ4n) is 5.32. The second-order valence-corrected chi connectivity index (χ2v) is 9.38. The lowest BCUT2D eigenvalue weighted by molar-refractivity contribution is -0.125. The highest BCUT2D eigenvalue weighted by atomic mass is 16.6. The van der Waals surface area contributed by atoms with Gasteiger partial charge in [0.05, 0.1) is 6.42 Å². The molecule has 0 aliphatic heterocycles. The molecule has 0 saturated heterocycles. The Morgan fingerprint density at radius 3 is 2.08 bits per heavy atom. The van der Waals surface area contributed by atoms with Gasteiger partial charge in [-0.05, 0) is 84.0 Å². The summed E-state index contributed by atoms with van der Waals surface area (Å²) in [5, 5.41) is 7.29. The molecule has 140 valence electrons. The van der Waals surface area contributed by atoms with Crippen molar-refractivity contribution in [1.82, 2.24) is 10.7 Å². The molecular formula is C19H31N3O3. The fraction of sp³-hybridized carbons (Fsp3) is 0.842. The maximum Gasteiger partial charge on any atom is 0.428 e. The summed E-state index contributed by atoms with van der Waals surface area (Å²) in [6, 6.07) is 0. The predicted molar refractivity (Wildman–Crippen MR) is 96.1 cm³/mol. The summed E-state index contributed by atoms with van der Waals surface area (Å²) in [6.45, 7) is 7.13. The van der Waals surface area contributed by atoms with Gasteiger partial charge in [-0.2, -0.15) is 5.10 Å². The summed E-state index contributed by atoms with van der Waals surface area (Å²) in [5.41, 5.74) is 2.38. The number of nitrogens with one attached hydrogen (secondary N) is 2. The highest BCUT2D eigenvalue weighted by Gasteiger charge is 2.51. The van der Waals surface area contributed by atoms with Crippen molar-refractivity contribution in [1.29, 1.82) is 0 Å². The molecule has 0 radical (unpaired) electrons. The van der Waals surface area contributed by atoms with Crippen molar-refractivity contribution in [3.63, 3.8) is 0 Å². The van der Waals surface area contributed by atoms with E-state index in [2.05, 4.69) is 15.8 Å². The molecule has 2 amide bonds. The van der Waals surface area contributed by atoms with Crippen molar-refractivity contribution in [2.75, 3.05) is 0 Å². The Balaban J connectivity index is 1.49. The molecule has 0 spiro atoms. The van der Waals surface area contributed by atoms with Gasteiger partial charge in [0.2, 0.25) is 5.91 Å². The average molecular weight is 349 g/mol. The minimum absolute atomic E-state index is 0.00851. The van der Waals surface area contributed by atoms with E-state index in [-0.39, 0.29) is 17.9 Å². The van der Waals surface area contributed by atoms with Gasteiger partial charge in [-0.3, -0.25) is 4.79 Å². The number of amides is 2. The van der Waals surface area contributed by atoms with Crippen LogP contribution in [0.5, 0.6) is 0 Å². The summed E-state index contributed by atoms with van der Waals surface area (Å²) in [6.07, 6.45) is 7.08. The van der Waals surface area contributed by atoms with Crippen molar-refractivity contribution >= 4 is 17.7 Å². The SMILES string of the molecule is C/C(CC(=O)NC12CC3CC(CC(C3)C1)C2)=N\NC(=O)OC(C)(C)C. The Bertz CT molecular complexity index is 542. The average Bonchev–Trinajstić information content (AvgIpc) is 2.40. The Morgan fingerprint density at radius 2 is 1.60 bits per heavy atom. The number of carbonyl (C=O) groups is 2. The standard InChI is InChI=1S/C19H31N3O3/c1-12(21-22-17(24)25-18(2,3)4)5-16(23)20-19-9-13-6-14(10-19)8-15(7-13)11-19/h13-15H,5-11H2,1-4H3,(H,20,23)(H,22,24)/b21-12+. The molecule has 25 heavy (non-hydrogen) atoms. The third kappa shape index (κ3) is 4.73. The maximum atomic E-state index is 12.5. The van der Waals surface area contributed by atoms with E-state index < -0.39 is 11.7 Å². The lowest BCUT2D eigenvalue weighted by Gasteiger charge is -2.56. The van der Waals surface area contributed by atoms with E-state index in [4.69, 9.17) is 4.74 Å². The van der Waals surface area contributed by atoms with E-state index in [0.29, 0.717) is 5.71 Å². The molecule has 4 rings (SSSR count). The van der Waals surface area contributed by atoms with E-state index in [1.165, 1.54) is 19.3 Å². The number of nitrogens with zero attached hydrogens (tertiary/aromatic N) is 1. The van der Waals surface area contributed by atoms with E-state index in [9.17, 15) is 9.59 Å². The van der Waals surface area contributed by atoms with E-state index in [0.717, 1.165) is 37.0 Å². The lowest BCUT2D eigenvalue weighted by atomic mass is 9.53. The second kappa shape index (κ2) is 6.61. The normalized spacial score (nSPS) is 33.9. The highest BCUT2D eigenvalue weighted by Crippen LogP contribution is 2.55. The zero-order valence-corrected chi connectivity index (χ0v) is 15.9. The van der Waals surface area contributed by atoms with Crippen LogP contribution in [-0.2, 0) is 9.53 Å². The first-order valence-corrected chi connectivity index (χ1v) is 9.46. The number of carbonyl (C=O) groups excluding carboxylic acids is 2. The quantitative estimate of drug-likeness (QED) is 0.603. The van der Waals surface area contributed by atoms with Crippen LogP contribution in [-0.4, -0.2) is 28.9 Å². The van der Waals surface area contributed by atoms with E-state index in [1.54, 1.807) is 27.7 Å². The molecule has 0 unspecified atom stereocenters. The first-order chi connectivity index (χ1) is 11.6. The summed E-state index contributed by atoms with van der Waals surface area (Å²) < 4.78 is 5.13. The van der Waals surface area contributed by atoms with Crippen LogP contribution in [0.4, 0.5) is 4.79 Å². The molecule has 4 fully saturated rings. The van der Waals surface area contributed by atoms with Crippen LogP contribution < -0.4 is 10.7 Å². The zero-order chi connectivity index (χ0) is 18.2. The van der Waals surface area contributed by atoms with Gasteiger partial charge in [-0.1, -0.05) is 0 Å². The van der Waals surface area contributed by atoms with Gasteiger partial charge >= 0.3 is 6.09 Å². The molecule has 0 atom stereocenters. The highest BCUT2D eigenvalue weighted by molar-refractivity contribution is 6.00. The van der Waals surface area contributed by atoms with Gasteiger partial charge in [0.1, 0.15) is 5.60 Å². The van der Waals surface area contributed by atoms with Crippen LogP contribution in [0.3, 0.4) is 0 Å². The number of hydrogen-bond acceptors (Lipinski definition) is 4. The smallest absolute Gasteiger partial charge is 0.428 e. The van der Waals surface area contributed by atoms with Crippen LogP contribution in [0.15, 0.2) is 5.10 Å². The number of hydrogen-bond donors (Lipinski definition) is 2. The van der Waals surface area contributed by atoms with Crippen LogP contribution in [0, 0.1) is 17.8 Å². The summed E-state index contributed by atoms with van der Waals surface area (Å²) >= 11 is 0. The molecule has 4 bridgehead atoms. The Hall–Kier alpha value is -1.59. The van der Waals surface area contributed by atoms with Crippen LogP contribution >= 0.6 is 0 Å². The molecule has 4 aliphatic rings. The molecule has 0 aromatic carbocycles. The molecule has 0 aromatic heterocycles. The van der Waals surface area contributed by atoms with Crippen molar-refractivity contribution in [3.05, 3.63) is 0 Å². The largest absolute Gasteiger partial charge is 0.443 e. The first-order valence-electron chi connectivity index (χ1n) is 9.46. The molecule has 0 aromatic rings. The van der Waals surface area contributed by atoms with Crippen molar-refractivity contribution in [2.45, 2.75) is 83.8 Å². The lowest BCUT2D eigenvalue weighted by Crippen LogP contribution is -2.60. The van der Waals surface area contributed by atoms with Crippen LogP contribution in [0.2, 0.25) is 0 Å². The molecule has 4 saturated carbocycles. The number of ether oxygens (including phenoxy) is 1. The van der Waals surface area contributed by atoms with Crippen molar-refractivity contribution in [2.24, 2.45) is 22.9 Å². The minimum atomic E-state index is -0.603. The monoisotopic (exact) mass is 349 g/mol. The number of hydrazone groups is 1. The Morgan fingerprint density at radius 1 is 1.08 bits per heavy atom. The van der Waals surface area contributed by atoms with Crippen molar-refractivity contribution < 1.29 is 14.3 Å². The Kier molecular flexibility index (Phi) is 4.82. The zero-order valence-electron chi connectivity index (χ0n) is 15.9. The third-order valence-electron chi connectivity index (χ3n) is 5.60. The molecular weight excluding hydrogens is 318 g/mol. The van der Waals surface area contributed by atoms with Crippen LogP contribution in [0.25, 0.3) is 0 Å². The summed E-state index contributed by atoms with van der Waals surface area (Å²) in [4.78, 5) is 24.1. The molecule has 4 aliphatic carbocycles. The van der Waals surface area contributed by atoms with Crippen molar-refractivity contribution in [3.8, 4) is 0 Å². The number of rotatable bonds is 4. The van der Waals surface area contributed by atoms with Gasteiger partial charge in [-0.25, -0.2) is 10.2 Å². The Labute approximate surface area is 150 Å². The van der Waals surface area contributed by atoms with E-state index >= 15 is 0 Å².